The van der Waals surface area contributed by atoms with Gasteiger partial charge in [-0.05, 0) is 52.8 Å². The van der Waals surface area contributed by atoms with E-state index in [0.717, 1.165) is 6.42 Å². The molecule has 5 rings (SSSR count). The maximum atomic E-state index is 13.0. The van der Waals surface area contributed by atoms with Gasteiger partial charge < -0.3 is 9.47 Å². The van der Waals surface area contributed by atoms with E-state index in [1.807, 2.05) is 36.4 Å². The van der Waals surface area contributed by atoms with E-state index < -0.39 is 12.2 Å². The SMILES string of the molecule is CC(C)(C)c1ccc2c(c1)C1CC2[C@H](OC(=O)c2ccccc2)[C@@H]1OC(=O)c1ccccc1. The minimum Gasteiger partial charge on any atom is -0.454 e. The molecule has 3 aromatic rings. The molecule has 2 aliphatic rings. The highest BCUT2D eigenvalue weighted by atomic mass is 16.6. The Morgan fingerprint density at radius 3 is 1.67 bits per heavy atom. The van der Waals surface area contributed by atoms with Crippen molar-refractivity contribution in [2.24, 2.45) is 0 Å². The quantitative estimate of drug-likeness (QED) is 0.466. The second-order valence-corrected chi connectivity index (χ2v) is 10.0. The summed E-state index contributed by atoms with van der Waals surface area (Å²) in [5.41, 5.74) is 4.68. The van der Waals surface area contributed by atoms with Gasteiger partial charge in [0.05, 0.1) is 11.1 Å². The molecule has 4 heteroatoms. The van der Waals surface area contributed by atoms with Crippen LogP contribution in [0.15, 0.2) is 78.9 Å². The van der Waals surface area contributed by atoms with E-state index in [1.54, 1.807) is 24.3 Å². The Bertz CT molecular complexity index is 1180. The fourth-order valence-corrected chi connectivity index (χ4v) is 5.14. The van der Waals surface area contributed by atoms with E-state index in [4.69, 9.17) is 9.47 Å². The summed E-state index contributed by atoms with van der Waals surface area (Å²) in [6.45, 7) is 6.58. The molecule has 1 fully saturated rings. The van der Waals surface area contributed by atoms with Gasteiger partial charge in [0.15, 0.2) is 0 Å². The van der Waals surface area contributed by atoms with Crippen molar-refractivity contribution >= 4 is 11.9 Å². The van der Waals surface area contributed by atoms with E-state index in [2.05, 4.69) is 39.0 Å². The number of esters is 2. The zero-order chi connectivity index (χ0) is 23.2. The van der Waals surface area contributed by atoms with Crippen molar-refractivity contribution < 1.29 is 19.1 Å². The largest absolute Gasteiger partial charge is 0.454 e. The van der Waals surface area contributed by atoms with Crippen LogP contribution in [0.4, 0.5) is 0 Å². The molecule has 2 bridgehead atoms. The topological polar surface area (TPSA) is 52.6 Å². The summed E-state index contributed by atoms with van der Waals surface area (Å²) in [5, 5.41) is 0. The highest BCUT2D eigenvalue weighted by Crippen LogP contribution is 2.56. The lowest BCUT2D eigenvalue weighted by atomic mass is 9.81. The van der Waals surface area contributed by atoms with Gasteiger partial charge in [-0.3, -0.25) is 0 Å². The monoisotopic (exact) mass is 440 g/mol. The molecule has 0 N–H and O–H groups in total. The third kappa shape index (κ3) is 3.95. The van der Waals surface area contributed by atoms with E-state index in [1.165, 1.54) is 16.7 Å². The number of fused-ring (bicyclic) bond motifs is 5. The number of benzene rings is 3. The summed E-state index contributed by atoms with van der Waals surface area (Å²) in [6.07, 6.45) is -0.219. The third-order valence-electron chi connectivity index (χ3n) is 6.88. The van der Waals surface area contributed by atoms with Crippen molar-refractivity contribution in [2.75, 3.05) is 0 Å². The maximum Gasteiger partial charge on any atom is 0.338 e. The average molecular weight is 441 g/mol. The first-order valence-corrected chi connectivity index (χ1v) is 11.5. The lowest BCUT2D eigenvalue weighted by molar-refractivity contribution is -0.0348. The average Bonchev–Trinajstić information content (AvgIpc) is 3.36. The molecular weight excluding hydrogens is 412 g/mol. The highest BCUT2D eigenvalue weighted by Gasteiger charge is 2.55. The van der Waals surface area contributed by atoms with Gasteiger partial charge in [-0.1, -0.05) is 75.4 Å². The van der Waals surface area contributed by atoms with Gasteiger partial charge in [0, 0.05) is 11.8 Å². The molecule has 0 spiro atoms. The summed E-state index contributed by atoms with van der Waals surface area (Å²) in [4.78, 5) is 25.9. The van der Waals surface area contributed by atoms with Crippen LogP contribution in [0.1, 0.15) is 76.4 Å². The smallest absolute Gasteiger partial charge is 0.338 e. The van der Waals surface area contributed by atoms with Gasteiger partial charge in [-0.15, -0.1) is 0 Å². The first-order chi connectivity index (χ1) is 15.8. The summed E-state index contributed by atoms with van der Waals surface area (Å²) in [6, 6.07) is 24.5. The second kappa shape index (κ2) is 8.18. The van der Waals surface area contributed by atoms with Crippen molar-refractivity contribution in [3.05, 3.63) is 107 Å². The van der Waals surface area contributed by atoms with E-state index >= 15 is 0 Å². The molecule has 4 atom stereocenters. The normalized spacial score (nSPS) is 23.1. The molecular formula is C29H28O4. The molecule has 0 aromatic heterocycles. The molecule has 0 radical (unpaired) electrons. The molecule has 4 nitrogen and oxygen atoms in total. The fourth-order valence-electron chi connectivity index (χ4n) is 5.14. The number of hydrogen-bond acceptors (Lipinski definition) is 4. The van der Waals surface area contributed by atoms with Crippen molar-refractivity contribution in [2.45, 2.75) is 56.7 Å². The van der Waals surface area contributed by atoms with Crippen LogP contribution >= 0.6 is 0 Å². The Labute approximate surface area is 194 Å². The maximum absolute atomic E-state index is 13.0. The molecule has 0 aliphatic heterocycles. The lowest BCUT2D eigenvalue weighted by Gasteiger charge is -2.33. The minimum absolute atomic E-state index is 0.00790. The summed E-state index contributed by atoms with van der Waals surface area (Å²) in [5.74, 6) is -0.752. The Morgan fingerprint density at radius 1 is 0.697 bits per heavy atom. The molecule has 1 saturated carbocycles. The van der Waals surface area contributed by atoms with Gasteiger partial charge in [-0.2, -0.15) is 0 Å². The first kappa shape index (κ1) is 21.4. The molecule has 2 unspecified atom stereocenters. The van der Waals surface area contributed by atoms with E-state index in [9.17, 15) is 9.59 Å². The summed E-state index contributed by atoms with van der Waals surface area (Å²) < 4.78 is 12.1. The molecule has 2 aliphatic carbocycles. The molecule has 33 heavy (non-hydrogen) atoms. The first-order valence-electron chi connectivity index (χ1n) is 11.5. The fraction of sp³-hybridized carbons (Fsp3) is 0.310. The van der Waals surface area contributed by atoms with Crippen LogP contribution in [0, 0.1) is 0 Å². The standard InChI is InChI=1S/C29H28O4/c1-29(2,3)20-14-15-21-22(16-20)24-17-23(21)25(32-27(30)18-10-6-4-7-11-18)26(24)33-28(31)19-12-8-5-9-13-19/h4-16,23-26H,17H2,1-3H3/t23?,24?,25-,26+/m0/s1. The molecule has 0 saturated heterocycles. The number of carbonyl (C=O) groups is 2. The Hall–Kier alpha value is -3.40. The predicted molar refractivity (Wildman–Crippen MR) is 127 cm³/mol. The van der Waals surface area contributed by atoms with E-state index in [0.29, 0.717) is 11.1 Å². The summed E-state index contributed by atoms with van der Waals surface area (Å²) in [7, 11) is 0. The number of carbonyl (C=O) groups excluding carboxylic acids is 2. The Morgan fingerprint density at radius 2 is 1.18 bits per heavy atom. The van der Waals surface area contributed by atoms with Crippen molar-refractivity contribution in [1.82, 2.24) is 0 Å². The van der Waals surface area contributed by atoms with Crippen molar-refractivity contribution in [3.8, 4) is 0 Å². The molecule has 0 amide bonds. The van der Waals surface area contributed by atoms with Crippen LogP contribution in [-0.4, -0.2) is 24.1 Å². The number of rotatable bonds is 4. The van der Waals surface area contributed by atoms with Gasteiger partial charge in [0.1, 0.15) is 12.2 Å². The van der Waals surface area contributed by atoms with Gasteiger partial charge in [0.25, 0.3) is 0 Å². The van der Waals surface area contributed by atoms with Crippen LogP contribution in [0.2, 0.25) is 0 Å². The van der Waals surface area contributed by atoms with Crippen molar-refractivity contribution in [3.63, 3.8) is 0 Å². The lowest BCUT2D eigenvalue weighted by Crippen LogP contribution is -2.39. The molecule has 168 valence electrons. The number of hydrogen-bond donors (Lipinski definition) is 0. The molecule has 3 aromatic carbocycles. The van der Waals surface area contributed by atoms with Crippen LogP contribution in [0.25, 0.3) is 0 Å². The van der Waals surface area contributed by atoms with Crippen LogP contribution < -0.4 is 0 Å². The summed E-state index contributed by atoms with van der Waals surface area (Å²) >= 11 is 0. The minimum atomic E-state index is -0.516. The Kier molecular flexibility index (Phi) is 5.32. The van der Waals surface area contributed by atoms with Crippen LogP contribution in [0.5, 0.6) is 0 Å². The van der Waals surface area contributed by atoms with Gasteiger partial charge >= 0.3 is 11.9 Å². The van der Waals surface area contributed by atoms with E-state index in [-0.39, 0.29) is 29.2 Å². The molecule has 0 heterocycles. The number of ether oxygens (including phenoxy) is 2. The van der Waals surface area contributed by atoms with Crippen molar-refractivity contribution in [1.29, 1.82) is 0 Å². The predicted octanol–water partition coefficient (Wildman–Crippen LogP) is 6.02. The highest BCUT2D eigenvalue weighted by molar-refractivity contribution is 5.90. The second-order valence-electron chi connectivity index (χ2n) is 10.0. The zero-order valence-corrected chi connectivity index (χ0v) is 19.2. The van der Waals surface area contributed by atoms with Crippen LogP contribution in [-0.2, 0) is 14.9 Å². The third-order valence-corrected chi connectivity index (χ3v) is 6.88. The zero-order valence-electron chi connectivity index (χ0n) is 19.2. The van der Waals surface area contributed by atoms with Crippen LogP contribution in [0.3, 0.4) is 0 Å². The van der Waals surface area contributed by atoms with Gasteiger partial charge in [0.2, 0.25) is 0 Å². The Balaban J connectivity index is 1.48. The van der Waals surface area contributed by atoms with Gasteiger partial charge in [-0.25, -0.2) is 9.59 Å².